The van der Waals surface area contributed by atoms with Crippen molar-refractivity contribution in [2.45, 2.75) is 276 Å². The second-order valence-corrected chi connectivity index (χ2v) is 33.9. The topological polar surface area (TPSA) is 213 Å². The Labute approximate surface area is 599 Å². The number of benzene rings is 4. The fourth-order valence-corrected chi connectivity index (χ4v) is 18.2. The van der Waals surface area contributed by atoms with Gasteiger partial charge in [-0.2, -0.15) is 0 Å². The summed E-state index contributed by atoms with van der Waals surface area (Å²) in [6, 6.07) is 9.22. The van der Waals surface area contributed by atoms with Crippen molar-refractivity contribution in [2.75, 3.05) is 0 Å². The summed E-state index contributed by atoms with van der Waals surface area (Å²) in [6.45, 7) is 36.1. The lowest BCUT2D eigenvalue weighted by molar-refractivity contribution is -0.0178. The third-order valence-electron chi connectivity index (χ3n) is 24.2. The van der Waals surface area contributed by atoms with Crippen LogP contribution in [0.5, 0.6) is 34.5 Å². The Kier molecular flexibility index (Phi) is 25.7. The van der Waals surface area contributed by atoms with Crippen molar-refractivity contribution in [2.24, 2.45) is 101 Å². The van der Waals surface area contributed by atoms with Gasteiger partial charge in [0.15, 0.2) is 34.5 Å². The van der Waals surface area contributed by atoms with Crippen LogP contribution in [0.4, 0.5) is 28.8 Å². The van der Waals surface area contributed by atoms with E-state index in [1.54, 1.807) is 0 Å². The first kappa shape index (κ1) is 76.9. The van der Waals surface area contributed by atoms with Crippen LogP contribution in [0.25, 0.3) is 32.3 Å². The minimum absolute atomic E-state index is 0.0547. The van der Waals surface area contributed by atoms with Crippen LogP contribution in [-0.4, -0.2) is 73.6 Å². The summed E-state index contributed by atoms with van der Waals surface area (Å²) >= 11 is 0. The van der Waals surface area contributed by atoms with Crippen LogP contribution >= 0.6 is 0 Å². The van der Waals surface area contributed by atoms with Gasteiger partial charge in [0.25, 0.3) is 0 Å². The van der Waals surface area contributed by atoms with Crippen LogP contribution in [-0.2, 0) is 28.4 Å². The van der Waals surface area contributed by atoms with Gasteiger partial charge in [-0.1, -0.05) is 156 Å². The van der Waals surface area contributed by atoms with E-state index in [0.717, 1.165) is 83.5 Å². The molecule has 6 aliphatic carbocycles. The van der Waals surface area contributed by atoms with Gasteiger partial charge in [-0.3, -0.25) is 0 Å². The van der Waals surface area contributed by atoms with E-state index in [-0.39, 0.29) is 135 Å². The molecule has 0 saturated heterocycles. The highest BCUT2D eigenvalue weighted by atomic mass is 16.8. The standard InChI is InChI=1S/C83H118O18/c1-43(2)54-20-18-19-21-66(54)90-78(84)96-72-37-60-61(38-73(72)97-79(85)91-67-32-49(13)22-27-55(67)44(3)4)63-40-75(99-81(87)93-69-34-51(15)24-29-57(69)46(7)8)77(101-83(89)95-71-36-53(17)26-31-59(71)48(11)12)42-65(63)64-41-76(100-82(88)94-70-35-52(16)25-30-58(70)47(9)10)74(39-62(60)64)98-80(86)92-68-33-50(14)23-28-56(68)45(5)6/h37-59,66-71H,18-36H2,1-17H3/t49-,50+,51+,52-,53-,54?,55?,56?,57?,58?,59?,66?,67?,68?,69?,70?,71?/m0/s1. The van der Waals surface area contributed by atoms with E-state index < -0.39 is 73.6 Å². The number of fused-ring (bicyclic) bond motifs is 6. The quantitative estimate of drug-likeness (QED) is 0.0392. The van der Waals surface area contributed by atoms with Crippen LogP contribution in [0.3, 0.4) is 0 Å². The Morgan fingerprint density at radius 2 is 0.416 bits per heavy atom. The molecular formula is C83H118O18. The van der Waals surface area contributed by atoms with E-state index >= 15 is 0 Å². The molecule has 0 heterocycles. The molecule has 0 aromatic heterocycles. The molecule has 6 saturated carbocycles. The van der Waals surface area contributed by atoms with Gasteiger partial charge >= 0.3 is 36.9 Å². The normalized spacial score (nSPS) is 29.6. The summed E-state index contributed by atoms with van der Waals surface area (Å²) in [4.78, 5) is 87.9. The highest BCUT2D eigenvalue weighted by Gasteiger charge is 2.41. The van der Waals surface area contributed by atoms with Crippen LogP contribution in [0.15, 0.2) is 36.4 Å². The molecule has 0 aliphatic heterocycles. The molecule has 0 amide bonds. The van der Waals surface area contributed by atoms with Gasteiger partial charge in [-0.15, -0.1) is 0 Å². The SMILES string of the molecule is CC(C)C1CCCCC1OC(=O)Oc1cc2c3cc(OC(=O)OC4C[C@H](C)CCC4C(C)C)c(OC(=O)OC4C[C@@H](C)CCC4C(C)C)cc3c3cc(OC(=O)OC4C[C@@H](C)CCC4C(C)C)c(OC(=O)OC4C[C@H](C)CCC4C(C)C)cc3c2cc1OC(=O)OC1C[C@@H](C)CCC1C(C)C. The molecule has 101 heavy (non-hydrogen) atoms. The number of ether oxygens (including phenoxy) is 12. The van der Waals surface area contributed by atoms with Crippen molar-refractivity contribution in [3.8, 4) is 34.5 Å². The first-order valence-electron chi connectivity index (χ1n) is 38.8. The van der Waals surface area contributed by atoms with Gasteiger partial charge in [-0.25, -0.2) is 28.8 Å². The van der Waals surface area contributed by atoms with Gasteiger partial charge in [0.2, 0.25) is 0 Å². The van der Waals surface area contributed by atoms with Crippen molar-refractivity contribution in [3.63, 3.8) is 0 Å². The van der Waals surface area contributed by atoms with E-state index in [4.69, 9.17) is 56.8 Å². The van der Waals surface area contributed by atoms with Gasteiger partial charge in [-0.05, 0) is 253 Å². The monoisotopic (exact) mass is 1400 g/mol. The number of hydrogen-bond acceptors (Lipinski definition) is 18. The summed E-state index contributed by atoms with van der Waals surface area (Å²) in [6.07, 6.45) is 6.73. The van der Waals surface area contributed by atoms with E-state index in [2.05, 4.69) is 118 Å². The molecule has 4 aromatic rings. The van der Waals surface area contributed by atoms with Crippen molar-refractivity contribution >= 4 is 69.2 Å². The Morgan fingerprint density at radius 3 is 0.604 bits per heavy atom. The van der Waals surface area contributed by atoms with Crippen LogP contribution in [0, 0.1) is 101 Å². The molecule has 17 atom stereocenters. The molecule has 0 bridgehead atoms. The molecule has 6 aliphatic rings. The molecule has 0 N–H and O–H groups in total. The minimum Gasteiger partial charge on any atom is -0.430 e. The number of carbonyl (C=O) groups is 6. The number of rotatable bonds is 18. The molecule has 6 fully saturated rings. The van der Waals surface area contributed by atoms with E-state index in [1.807, 2.05) is 0 Å². The smallest absolute Gasteiger partial charge is 0.430 e. The third kappa shape index (κ3) is 19.2. The maximum atomic E-state index is 14.7. The van der Waals surface area contributed by atoms with Crippen molar-refractivity contribution < 1.29 is 85.6 Å². The lowest BCUT2D eigenvalue weighted by Gasteiger charge is -2.36. The average Bonchev–Trinajstić information content (AvgIpc) is 0.723. The van der Waals surface area contributed by atoms with Crippen LogP contribution in [0.2, 0.25) is 0 Å². The Balaban J connectivity index is 1.20. The van der Waals surface area contributed by atoms with Crippen molar-refractivity contribution in [1.29, 1.82) is 0 Å². The first-order chi connectivity index (χ1) is 48.0. The molecular weight excluding hydrogens is 1280 g/mol. The van der Waals surface area contributed by atoms with Gasteiger partial charge in [0, 0.05) is 0 Å². The first-order valence-corrected chi connectivity index (χ1v) is 38.8. The highest BCUT2D eigenvalue weighted by Crippen LogP contribution is 2.50. The van der Waals surface area contributed by atoms with Gasteiger partial charge < -0.3 is 56.8 Å². The van der Waals surface area contributed by atoms with E-state index in [1.165, 1.54) is 36.4 Å². The molecule has 12 unspecified atom stereocenters. The summed E-state index contributed by atoms with van der Waals surface area (Å²) in [5.74, 6) is 1.65. The maximum absolute atomic E-state index is 14.7. The molecule has 558 valence electrons. The van der Waals surface area contributed by atoms with Crippen LogP contribution < -0.4 is 28.4 Å². The van der Waals surface area contributed by atoms with Crippen molar-refractivity contribution in [3.05, 3.63) is 36.4 Å². The zero-order valence-corrected chi connectivity index (χ0v) is 63.5. The predicted octanol–water partition coefficient (Wildman–Crippen LogP) is 22.8. The van der Waals surface area contributed by atoms with Crippen molar-refractivity contribution in [1.82, 2.24) is 0 Å². The fraction of sp³-hybridized carbons (Fsp3) is 0.711. The molecule has 0 radical (unpaired) electrons. The summed E-state index contributed by atoms with van der Waals surface area (Å²) in [7, 11) is 0. The van der Waals surface area contributed by atoms with E-state index in [9.17, 15) is 28.8 Å². The molecule has 4 aromatic carbocycles. The minimum atomic E-state index is -1.02. The summed E-state index contributed by atoms with van der Waals surface area (Å²) < 4.78 is 75.7. The number of hydrogen-bond donors (Lipinski definition) is 0. The lowest BCUT2D eigenvalue weighted by Crippen LogP contribution is -2.37. The average molecular weight is 1400 g/mol. The number of carbonyl (C=O) groups excluding carboxylic acids is 6. The maximum Gasteiger partial charge on any atom is 0.514 e. The molecule has 10 rings (SSSR count). The Bertz CT molecular complexity index is 3470. The zero-order chi connectivity index (χ0) is 72.8. The predicted molar refractivity (Wildman–Crippen MR) is 388 cm³/mol. The van der Waals surface area contributed by atoms with Crippen LogP contribution in [0.1, 0.15) is 240 Å². The summed E-state index contributed by atoms with van der Waals surface area (Å²) in [5, 5.41) is 1.93. The summed E-state index contributed by atoms with van der Waals surface area (Å²) in [5.41, 5.74) is 0. The Hall–Kier alpha value is -6.72. The Morgan fingerprint density at radius 1 is 0.248 bits per heavy atom. The highest BCUT2D eigenvalue weighted by molar-refractivity contribution is 6.27. The van der Waals surface area contributed by atoms with E-state index in [0.29, 0.717) is 70.8 Å². The lowest BCUT2D eigenvalue weighted by atomic mass is 9.75. The van der Waals surface area contributed by atoms with Gasteiger partial charge in [0.05, 0.1) is 0 Å². The molecule has 18 nitrogen and oxygen atoms in total. The second kappa shape index (κ2) is 33.8. The second-order valence-electron chi connectivity index (χ2n) is 33.9. The largest absolute Gasteiger partial charge is 0.514 e. The molecule has 0 spiro atoms. The molecule has 18 heteroatoms. The van der Waals surface area contributed by atoms with Gasteiger partial charge in [0.1, 0.15) is 36.6 Å². The third-order valence-corrected chi connectivity index (χ3v) is 24.2. The fourth-order valence-electron chi connectivity index (χ4n) is 18.2. The zero-order valence-electron chi connectivity index (χ0n) is 63.5.